The monoisotopic (exact) mass is 243 g/mol. The van der Waals surface area contributed by atoms with Crippen molar-refractivity contribution < 1.29 is 4.74 Å². The first-order valence-electron chi connectivity index (χ1n) is 5.40. The Morgan fingerprint density at radius 2 is 2.24 bits per heavy atom. The van der Waals surface area contributed by atoms with E-state index in [1.807, 2.05) is 35.7 Å². The molecule has 1 aliphatic rings. The van der Waals surface area contributed by atoms with E-state index in [4.69, 9.17) is 4.74 Å². The molecule has 0 saturated carbocycles. The Labute approximate surface area is 101 Å². The average Bonchev–Trinajstić information content (AvgIpc) is 2.85. The van der Waals surface area contributed by atoms with Gasteiger partial charge in [0.1, 0.15) is 28.8 Å². The van der Waals surface area contributed by atoms with Crippen LogP contribution in [0.2, 0.25) is 0 Å². The van der Waals surface area contributed by atoms with Crippen LogP contribution in [0, 0.1) is 6.92 Å². The molecule has 1 aromatic carbocycles. The summed E-state index contributed by atoms with van der Waals surface area (Å²) in [5, 5.41) is 5.47. The van der Waals surface area contributed by atoms with Gasteiger partial charge in [-0.05, 0) is 19.1 Å². The van der Waals surface area contributed by atoms with E-state index in [0.29, 0.717) is 6.61 Å². The van der Waals surface area contributed by atoms with Gasteiger partial charge in [-0.3, -0.25) is 0 Å². The summed E-state index contributed by atoms with van der Waals surface area (Å²) < 4.78 is 7.62. The van der Waals surface area contributed by atoms with Gasteiger partial charge in [0.15, 0.2) is 0 Å². The van der Waals surface area contributed by atoms with Crippen molar-refractivity contribution >= 4 is 16.3 Å². The second-order valence-corrected chi connectivity index (χ2v) is 5.17. The maximum absolute atomic E-state index is 5.73. The highest BCUT2D eigenvalue weighted by molar-refractivity contribution is 7.16. The smallest absolute Gasteiger partial charge is 0.213 e. The molecule has 84 valence electrons. The Morgan fingerprint density at radius 1 is 1.35 bits per heavy atom. The molecule has 0 aliphatic carbocycles. The van der Waals surface area contributed by atoms with Crippen LogP contribution >= 0.6 is 11.3 Å². The highest BCUT2D eigenvalue weighted by Crippen LogP contribution is 2.37. The molecule has 3 heterocycles. The Balaban J connectivity index is 2.07. The largest absolute Gasteiger partial charge is 0.486 e. The summed E-state index contributed by atoms with van der Waals surface area (Å²) in [7, 11) is 0. The number of rotatable bonds is 0. The lowest BCUT2D eigenvalue weighted by molar-refractivity contribution is 0.294. The highest BCUT2D eigenvalue weighted by Gasteiger charge is 2.23. The van der Waals surface area contributed by atoms with E-state index in [-0.39, 0.29) is 0 Å². The molecule has 5 heteroatoms. The molecule has 0 saturated heterocycles. The van der Waals surface area contributed by atoms with E-state index in [9.17, 15) is 0 Å². The maximum Gasteiger partial charge on any atom is 0.213 e. The summed E-state index contributed by atoms with van der Waals surface area (Å²) in [6.07, 6.45) is 0. The minimum atomic E-state index is 0.538. The van der Waals surface area contributed by atoms with Gasteiger partial charge in [-0.2, -0.15) is 5.10 Å². The summed E-state index contributed by atoms with van der Waals surface area (Å²) in [5.74, 6) is 0.905. The van der Waals surface area contributed by atoms with Gasteiger partial charge in [-0.25, -0.2) is 9.50 Å². The minimum Gasteiger partial charge on any atom is -0.486 e. The number of para-hydroxylation sites is 1. The maximum atomic E-state index is 5.73. The lowest BCUT2D eigenvalue weighted by Crippen LogP contribution is -2.07. The third-order valence-corrected chi connectivity index (χ3v) is 3.73. The molecule has 0 bridgehead atoms. The molecule has 17 heavy (non-hydrogen) atoms. The van der Waals surface area contributed by atoms with Gasteiger partial charge >= 0.3 is 0 Å². The molecule has 0 spiro atoms. The molecule has 0 amide bonds. The van der Waals surface area contributed by atoms with E-state index in [1.165, 1.54) is 0 Å². The summed E-state index contributed by atoms with van der Waals surface area (Å²) >= 11 is 1.61. The van der Waals surface area contributed by atoms with E-state index < -0.39 is 0 Å². The lowest BCUT2D eigenvalue weighted by atomic mass is 10.1. The van der Waals surface area contributed by atoms with Crippen LogP contribution in [0.25, 0.3) is 16.2 Å². The molecule has 3 aromatic rings. The number of hydrogen-bond acceptors (Lipinski definition) is 4. The zero-order valence-electron chi connectivity index (χ0n) is 9.17. The van der Waals surface area contributed by atoms with Crippen molar-refractivity contribution in [1.29, 1.82) is 0 Å². The lowest BCUT2D eigenvalue weighted by Gasteiger charge is -2.16. The van der Waals surface area contributed by atoms with Gasteiger partial charge in [0, 0.05) is 5.56 Å². The Kier molecular flexibility index (Phi) is 1.66. The van der Waals surface area contributed by atoms with Gasteiger partial charge in [0.25, 0.3) is 0 Å². The topological polar surface area (TPSA) is 39.4 Å². The third kappa shape index (κ3) is 1.17. The zero-order chi connectivity index (χ0) is 11.4. The van der Waals surface area contributed by atoms with Crippen molar-refractivity contribution in [3.05, 3.63) is 35.0 Å². The fraction of sp³-hybridized carbons (Fsp3) is 0.167. The molecule has 0 atom stereocenters. The van der Waals surface area contributed by atoms with Crippen LogP contribution in [0.3, 0.4) is 0 Å². The highest BCUT2D eigenvalue weighted by atomic mass is 32.1. The minimum absolute atomic E-state index is 0.538. The quantitative estimate of drug-likeness (QED) is 0.609. The predicted octanol–water partition coefficient (Wildman–Crippen LogP) is 2.66. The average molecular weight is 243 g/mol. The summed E-state index contributed by atoms with van der Waals surface area (Å²) in [6, 6.07) is 8.00. The number of aryl methyl sites for hydroxylation is 1. The standard InChI is InChI=1S/C12H9N3OS/c1-7-14-15-9-6-16-10-5-3-2-4-8(10)11(9)13-12(15)17-7/h2-5H,6H2,1H3. The van der Waals surface area contributed by atoms with Gasteiger partial charge in [0.05, 0.1) is 0 Å². The molecule has 4 nitrogen and oxygen atoms in total. The molecule has 4 rings (SSSR count). The van der Waals surface area contributed by atoms with Crippen molar-refractivity contribution in [2.45, 2.75) is 13.5 Å². The van der Waals surface area contributed by atoms with Gasteiger partial charge in [-0.1, -0.05) is 23.5 Å². The second kappa shape index (κ2) is 3.07. The van der Waals surface area contributed by atoms with Crippen molar-refractivity contribution in [2.24, 2.45) is 0 Å². The van der Waals surface area contributed by atoms with Gasteiger partial charge in [-0.15, -0.1) is 0 Å². The van der Waals surface area contributed by atoms with Crippen LogP contribution < -0.4 is 4.74 Å². The first kappa shape index (κ1) is 9.18. The number of fused-ring (bicyclic) bond motifs is 5. The Hall–Kier alpha value is -1.88. The van der Waals surface area contributed by atoms with Crippen LogP contribution in [-0.2, 0) is 6.61 Å². The molecular formula is C12H9N3OS. The first-order chi connectivity index (χ1) is 8.33. The molecule has 1 aliphatic heterocycles. The van der Waals surface area contributed by atoms with E-state index in [1.54, 1.807) is 11.3 Å². The number of benzene rings is 1. The molecule has 0 radical (unpaired) electrons. The van der Waals surface area contributed by atoms with Crippen LogP contribution in [0.5, 0.6) is 5.75 Å². The van der Waals surface area contributed by atoms with Crippen LogP contribution in [0.1, 0.15) is 10.7 Å². The fourth-order valence-corrected chi connectivity index (χ4v) is 2.93. The SMILES string of the molecule is Cc1nn2c3c(nc2s1)-c1ccccc1OC3. The van der Waals surface area contributed by atoms with Crippen molar-refractivity contribution in [3.8, 4) is 17.0 Å². The van der Waals surface area contributed by atoms with Crippen molar-refractivity contribution in [3.63, 3.8) is 0 Å². The number of ether oxygens (including phenoxy) is 1. The number of aromatic nitrogens is 3. The number of nitrogens with zero attached hydrogens (tertiary/aromatic N) is 3. The molecular weight excluding hydrogens is 234 g/mol. The fourth-order valence-electron chi connectivity index (χ4n) is 2.17. The van der Waals surface area contributed by atoms with Gasteiger partial charge in [0.2, 0.25) is 4.96 Å². The molecule has 0 unspecified atom stereocenters. The summed E-state index contributed by atoms with van der Waals surface area (Å²) in [6.45, 7) is 2.53. The summed E-state index contributed by atoms with van der Waals surface area (Å²) in [5.41, 5.74) is 3.11. The molecule has 2 aromatic heterocycles. The van der Waals surface area contributed by atoms with E-state index in [2.05, 4.69) is 10.1 Å². The van der Waals surface area contributed by atoms with E-state index >= 15 is 0 Å². The van der Waals surface area contributed by atoms with Crippen LogP contribution in [-0.4, -0.2) is 14.6 Å². The Morgan fingerprint density at radius 3 is 3.18 bits per heavy atom. The van der Waals surface area contributed by atoms with Crippen molar-refractivity contribution in [2.75, 3.05) is 0 Å². The zero-order valence-corrected chi connectivity index (χ0v) is 9.99. The molecule has 0 fully saturated rings. The molecule has 0 N–H and O–H groups in total. The van der Waals surface area contributed by atoms with Gasteiger partial charge < -0.3 is 4.74 Å². The summed E-state index contributed by atoms with van der Waals surface area (Å²) in [4.78, 5) is 5.59. The van der Waals surface area contributed by atoms with Crippen LogP contribution in [0.4, 0.5) is 0 Å². The third-order valence-electron chi connectivity index (χ3n) is 2.90. The van der Waals surface area contributed by atoms with Crippen LogP contribution in [0.15, 0.2) is 24.3 Å². The first-order valence-corrected chi connectivity index (χ1v) is 6.22. The number of hydrogen-bond donors (Lipinski definition) is 0. The predicted molar refractivity (Wildman–Crippen MR) is 65.4 cm³/mol. The van der Waals surface area contributed by atoms with E-state index in [0.717, 1.165) is 32.7 Å². The second-order valence-electron chi connectivity index (χ2n) is 4.01. The normalized spacial score (nSPS) is 13.2. The number of imidazole rings is 1. The van der Waals surface area contributed by atoms with Crippen molar-refractivity contribution in [1.82, 2.24) is 14.6 Å². The Bertz CT molecular complexity index is 729.